The summed E-state index contributed by atoms with van der Waals surface area (Å²) in [7, 11) is 0. The van der Waals surface area contributed by atoms with Crippen molar-refractivity contribution in [3.63, 3.8) is 0 Å². The van der Waals surface area contributed by atoms with Gasteiger partial charge in [0.15, 0.2) is 0 Å². The highest BCUT2D eigenvalue weighted by Gasteiger charge is 2.19. The van der Waals surface area contributed by atoms with Crippen LogP contribution in [0.2, 0.25) is 0 Å². The van der Waals surface area contributed by atoms with Gasteiger partial charge in [-0.05, 0) is 36.1 Å². The summed E-state index contributed by atoms with van der Waals surface area (Å²) in [5, 5.41) is 0. The van der Waals surface area contributed by atoms with Crippen LogP contribution in [0.1, 0.15) is 43.9 Å². The first kappa shape index (κ1) is 13.1. The molecule has 1 aromatic rings. The largest absolute Gasteiger partial charge is 0.271 e. The summed E-state index contributed by atoms with van der Waals surface area (Å²) in [6.07, 6.45) is 2.06. The Hall–Kier alpha value is -0.930. The SMILES string of the molecule is CCC(CC)C(NN)c1cc(C)cc(F)c1. The molecule has 0 heterocycles. The van der Waals surface area contributed by atoms with E-state index in [1.165, 1.54) is 6.07 Å². The van der Waals surface area contributed by atoms with Crippen molar-refractivity contribution in [2.45, 2.75) is 39.7 Å². The second-order valence-electron chi connectivity index (χ2n) is 4.28. The zero-order valence-electron chi connectivity index (χ0n) is 10.3. The van der Waals surface area contributed by atoms with Crippen molar-refractivity contribution >= 4 is 0 Å². The molecule has 0 aliphatic carbocycles. The Morgan fingerprint density at radius 2 is 1.88 bits per heavy atom. The lowest BCUT2D eigenvalue weighted by Crippen LogP contribution is -2.33. The molecule has 1 aromatic carbocycles. The van der Waals surface area contributed by atoms with E-state index in [4.69, 9.17) is 5.84 Å². The molecule has 90 valence electrons. The van der Waals surface area contributed by atoms with E-state index in [1.807, 2.05) is 13.0 Å². The topological polar surface area (TPSA) is 38.0 Å². The fourth-order valence-electron chi connectivity index (χ4n) is 2.21. The number of hydrazine groups is 1. The zero-order valence-corrected chi connectivity index (χ0v) is 10.3. The Morgan fingerprint density at radius 1 is 1.25 bits per heavy atom. The van der Waals surface area contributed by atoms with E-state index in [0.717, 1.165) is 24.0 Å². The smallest absolute Gasteiger partial charge is 0.123 e. The van der Waals surface area contributed by atoms with E-state index in [-0.39, 0.29) is 11.9 Å². The molecule has 3 heteroatoms. The van der Waals surface area contributed by atoms with Crippen LogP contribution in [0.4, 0.5) is 4.39 Å². The highest BCUT2D eigenvalue weighted by Crippen LogP contribution is 2.27. The lowest BCUT2D eigenvalue weighted by Gasteiger charge is -2.25. The second kappa shape index (κ2) is 5.97. The fourth-order valence-corrected chi connectivity index (χ4v) is 2.21. The maximum absolute atomic E-state index is 13.3. The van der Waals surface area contributed by atoms with E-state index in [2.05, 4.69) is 19.3 Å². The van der Waals surface area contributed by atoms with E-state index >= 15 is 0 Å². The summed E-state index contributed by atoms with van der Waals surface area (Å²) in [5.41, 5.74) is 4.68. The van der Waals surface area contributed by atoms with Crippen molar-refractivity contribution in [2.24, 2.45) is 11.8 Å². The van der Waals surface area contributed by atoms with Crippen LogP contribution in [0.5, 0.6) is 0 Å². The molecule has 1 rings (SSSR count). The molecule has 0 aliphatic rings. The molecule has 0 aromatic heterocycles. The first-order valence-electron chi connectivity index (χ1n) is 5.85. The van der Waals surface area contributed by atoms with Gasteiger partial charge in [-0.2, -0.15) is 0 Å². The minimum Gasteiger partial charge on any atom is -0.271 e. The molecule has 0 bridgehead atoms. The number of benzene rings is 1. The molecule has 2 nitrogen and oxygen atoms in total. The third-order valence-corrected chi connectivity index (χ3v) is 3.12. The predicted octanol–water partition coefficient (Wildman–Crippen LogP) is 3.07. The Kier molecular flexibility index (Phi) is 4.90. The average molecular weight is 224 g/mol. The normalized spacial score (nSPS) is 13.1. The molecule has 1 atom stereocenters. The molecule has 0 amide bonds. The van der Waals surface area contributed by atoms with Gasteiger partial charge in [0, 0.05) is 6.04 Å². The van der Waals surface area contributed by atoms with Crippen LogP contribution in [0.3, 0.4) is 0 Å². The van der Waals surface area contributed by atoms with E-state index in [1.54, 1.807) is 6.07 Å². The summed E-state index contributed by atoms with van der Waals surface area (Å²) in [6.45, 7) is 6.16. The van der Waals surface area contributed by atoms with Crippen LogP contribution in [0.25, 0.3) is 0 Å². The highest BCUT2D eigenvalue weighted by atomic mass is 19.1. The van der Waals surface area contributed by atoms with Crippen molar-refractivity contribution in [3.05, 3.63) is 35.1 Å². The Labute approximate surface area is 97.0 Å². The summed E-state index contributed by atoms with van der Waals surface area (Å²) in [4.78, 5) is 0. The summed E-state index contributed by atoms with van der Waals surface area (Å²) in [5.74, 6) is 5.83. The lowest BCUT2D eigenvalue weighted by atomic mass is 9.88. The Balaban J connectivity index is 3.02. The molecule has 1 unspecified atom stereocenters. The lowest BCUT2D eigenvalue weighted by molar-refractivity contribution is 0.344. The maximum atomic E-state index is 13.3. The van der Waals surface area contributed by atoms with Crippen LogP contribution in [-0.2, 0) is 0 Å². The number of halogens is 1. The monoisotopic (exact) mass is 224 g/mol. The molecule has 0 saturated carbocycles. The Bertz CT molecular complexity index is 314. The van der Waals surface area contributed by atoms with Gasteiger partial charge in [0.1, 0.15) is 5.82 Å². The van der Waals surface area contributed by atoms with Gasteiger partial charge in [-0.3, -0.25) is 11.3 Å². The van der Waals surface area contributed by atoms with Crippen LogP contribution in [0, 0.1) is 18.7 Å². The van der Waals surface area contributed by atoms with Gasteiger partial charge in [0.25, 0.3) is 0 Å². The van der Waals surface area contributed by atoms with Crippen LogP contribution in [0.15, 0.2) is 18.2 Å². The van der Waals surface area contributed by atoms with Gasteiger partial charge >= 0.3 is 0 Å². The predicted molar refractivity (Wildman–Crippen MR) is 65.3 cm³/mol. The number of hydrogen-bond donors (Lipinski definition) is 2. The molecular formula is C13H21FN2. The van der Waals surface area contributed by atoms with Crippen molar-refractivity contribution in [1.82, 2.24) is 5.43 Å². The van der Waals surface area contributed by atoms with Gasteiger partial charge in [-0.25, -0.2) is 4.39 Å². The molecular weight excluding hydrogens is 203 g/mol. The minimum atomic E-state index is -0.193. The van der Waals surface area contributed by atoms with Crippen molar-refractivity contribution in [2.75, 3.05) is 0 Å². The number of nitrogens with one attached hydrogen (secondary N) is 1. The first-order chi connectivity index (χ1) is 7.62. The molecule has 0 aliphatic heterocycles. The van der Waals surface area contributed by atoms with E-state index in [0.29, 0.717) is 5.92 Å². The quantitative estimate of drug-likeness (QED) is 0.596. The van der Waals surface area contributed by atoms with Gasteiger partial charge in [-0.15, -0.1) is 0 Å². The Morgan fingerprint density at radius 3 is 2.31 bits per heavy atom. The number of rotatable bonds is 5. The summed E-state index contributed by atoms with van der Waals surface area (Å²) < 4.78 is 13.3. The first-order valence-corrected chi connectivity index (χ1v) is 5.85. The van der Waals surface area contributed by atoms with Crippen molar-refractivity contribution in [3.8, 4) is 0 Å². The zero-order chi connectivity index (χ0) is 12.1. The average Bonchev–Trinajstić information content (AvgIpc) is 2.24. The van der Waals surface area contributed by atoms with Crippen LogP contribution < -0.4 is 11.3 Å². The molecule has 16 heavy (non-hydrogen) atoms. The van der Waals surface area contributed by atoms with Gasteiger partial charge in [0.05, 0.1) is 0 Å². The van der Waals surface area contributed by atoms with Gasteiger partial charge < -0.3 is 0 Å². The second-order valence-corrected chi connectivity index (χ2v) is 4.28. The van der Waals surface area contributed by atoms with E-state index in [9.17, 15) is 4.39 Å². The van der Waals surface area contributed by atoms with E-state index < -0.39 is 0 Å². The van der Waals surface area contributed by atoms with Crippen molar-refractivity contribution in [1.29, 1.82) is 0 Å². The molecule has 0 radical (unpaired) electrons. The highest BCUT2D eigenvalue weighted by molar-refractivity contribution is 5.26. The van der Waals surface area contributed by atoms with Gasteiger partial charge in [0.2, 0.25) is 0 Å². The molecule has 0 spiro atoms. The number of hydrogen-bond acceptors (Lipinski definition) is 2. The van der Waals surface area contributed by atoms with Crippen molar-refractivity contribution < 1.29 is 4.39 Å². The minimum absolute atomic E-state index is 0.0319. The molecule has 3 N–H and O–H groups in total. The molecule has 0 saturated heterocycles. The number of aryl methyl sites for hydroxylation is 1. The van der Waals surface area contributed by atoms with Crippen LogP contribution in [-0.4, -0.2) is 0 Å². The fraction of sp³-hybridized carbons (Fsp3) is 0.538. The summed E-state index contributed by atoms with van der Waals surface area (Å²) in [6, 6.07) is 5.12. The standard InChI is InChI=1S/C13H21FN2/c1-4-10(5-2)13(16-15)11-6-9(3)7-12(14)8-11/h6-8,10,13,16H,4-5,15H2,1-3H3. The summed E-state index contributed by atoms with van der Waals surface area (Å²) >= 11 is 0. The maximum Gasteiger partial charge on any atom is 0.123 e. The van der Waals surface area contributed by atoms with Crippen LogP contribution >= 0.6 is 0 Å². The number of nitrogens with two attached hydrogens (primary N) is 1. The van der Waals surface area contributed by atoms with Gasteiger partial charge in [-0.1, -0.05) is 32.8 Å². The third kappa shape index (κ3) is 3.03. The third-order valence-electron chi connectivity index (χ3n) is 3.12. The molecule has 0 fully saturated rings.